The van der Waals surface area contributed by atoms with E-state index in [2.05, 4.69) is 0 Å². The van der Waals surface area contributed by atoms with Crippen molar-refractivity contribution in [1.29, 1.82) is 0 Å². The highest BCUT2D eigenvalue weighted by Crippen LogP contribution is 2.45. The second-order valence-corrected chi connectivity index (χ2v) is 3.48. The minimum absolute atomic E-state index is 0.00662. The summed E-state index contributed by atoms with van der Waals surface area (Å²) in [5.41, 5.74) is -0.0932. The fourth-order valence-electron chi connectivity index (χ4n) is 1.97. The third-order valence-corrected chi connectivity index (χ3v) is 2.64. The maximum atomic E-state index is 9.28. The molecule has 1 heterocycles. The molecule has 1 saturated heterocycles. The van der Waals surface area contributed by atoms with Crippen molar-refractivity contribution in [2.45, 2.75) is 25.0 Å². The molecule has 2 bridgehead atoms. The van der Waals surface area contributed by atoms with Crippen LogP contribution in [0.1, 0.15) is 12.8 Å². The van der Waals surface area contributed by atoms with Gasteiger partial charge in [0, 0.05) is 5.41 Å². The monoisotopic (exact) mass is 144 g/mol. The number of aliphatic hydroxyl groups excluding tert-OH is 2. The largest absolute Gasteiger partial charge is 0.396 e. The smallest absolute Gasteiger partial charge is 0.0841 e. The van der Waals surface area contributed by atoms with E-state index in [-0.39, 0.29) is 24.2 Å². The minimum atomic E-state index is -0.333. The SMILES string of the molecule is OCC12COC(C1)C(O)C2. The summed E-state index contributed by atoms with van der Waals surface area (Å²) in [5.74, 6) is 0. The van der Waals surface area contributed by atoms with Gasteiger partial charge in [0.2, 0.25) is 0 Å². The van der Waals surface area contributed by atoms with Crippen molar-refractivity contribution >= 4 is 0 Å². The summed E-state index contributed by atoms with van der Waals surface area (Å²) in [6, 6.07) is 0. The molecule has 0 aromatic carbocycles. The highest BCUT2D eigenvalue weighted by molar-refractivity contribution is 4.99. The van der Waals surface area contributed by atoms with E-state index in [4.69, 9.17) is 9.84 Å². The minimum Gasteiger partial charge on any atom is -0.396 e. The fraction of sp³-hybridized carbons (Fsp3) is 1.00. The topological polar surface area (TPSA) is 49.7 Å². The first kappa shape index (κ1) is 6.58. The first-order valence-electron chi connectivity index (χ1n) is 3.66. The van der Waals surface area contributed by atoms with Gasteiger partial charge in [-0.1, -0.05) is 0 Å². The van der Waals surface area contributed by atoms with Crippen LogP contribution in [0.15, 0.2) is 0 Å². The van der Waals surface area contributed by atoms with E-state index in [9.17, 15) is 5.11 Å². The predicted molar refractivity (Wildman–Crippen MR) is 34.5 cm³/mol. The van der Waals surface area contributed by atoms with Gasteiger partial charge in [0.15, 0.2) is 0 Å². The molecule has 3 atom stereocenters. The highest BCUT2D eigenvalue weighted by atomic mass is 16.5. The Morgan fingerprint density at radius 2 is 2.30 bits per heavy atom. The van der Waals surface area contributed by atoms with Crippen molar-refractivity contribution in [3.05, 3.63) is 0 Å². The lowest BCUT2D eigenvalue weighted by molar-refractivity contribution is -0.0514. The molecule has 0 spiro atoms. The average Bonchev–Trinajstić information content (AvgIpc) is 2.45. The maximum absolute atomic E-state index is 9.28. The number of hydrogen-bond donors (Lipinski definition) is 2. The van der Waals surface area contributed by atoms with E-state index in [1.807, 2.05) is 0 Å². The summed E-state index contributed by atoms with van der Waals surface area (Å²) >= 11 is 0. The Hall–Kier alpha value is -0.120. The van der Waals surface area contributed by atoms with Crippen LogP contribution in [0.4, 0.5) is 0 Å². The van der Waals surface area contributed by atoms with Crippen LogP contribution in [0.3, 0.4) is 0 Å². The molecule has 0 aromatic heterocycles. The second-order valence-electron chi connectivity index (χ2n) is 3.48. The zero-order chi connectivity index (χ0) is 7.19. The Balaban J connectivity index is 2.14. The zero-order valence-electron chi connectivity index (χ0n) is 5.79. The molecule has 2 aliphatic rings. The first-order chi connectivity index (χ1) is 4.76. The van der Waals surface area contributed by atoms with Gasteiger partial charge in [0.25, 0.3) is 0 Å². The van der Waals surface area contributed by atoms with Crippen LogP contribution < -0.4 is 0 Å². The van der Waals surface area contributed by atoms with Crippen molar-refractivity contribution in [2.75, 3.05) is 13.2 Å². The summed E-state index contributed by atoms with van der Waals surface area (Å²) in [6.45, 7) is 0.784. The normalized spacial score (nSPS) is 52.2. The van der Waals surface area contributed by atoms with Gasteiger partial charge >= 0.3 is 0 Å². The summed E-state index contributed by atoms with van der Waals surface area (Å²) in [5, 5.41) is 18.2. The molecule has 10 heavy (non-hydrogen) atoms. The molecule has 2 rings (SSSR count). The van der Waals surface area contributed by atoms with Gasteiger partial charge < -0.3 is 14.9 Å². The van der Waals surface area contributed by atoms with E-state index in [1.54, 1.807) is 0 Å². The van der Waals surface area contributed by atoms with Crippen molar-refractivity contribution < 1.29 is 14.9 Å². The van der Waals surface area contributed by atoms with Crippen molar-refractivity contribution in [3.63, 3.8) is 0 Å². The van der Waals surface area contributed by atoms with Gasteiger partial charge in [-0.3, -0.25) is 0 Å². The standard InChI is InChI=1S/C7H12O3/c8-3-7-1-5(9)6(2-7)10-4-7/h5-6,8-9H,1-4H2. The van der Waals surface area contributed by atoms with Crippen LogP contribution in [0.5, 0.6) is 0 Å². The van der Waals surface area contributed by atoms with E-state index >= 15 is 0 Å². The van der Waals surface area contributed by atoms with Crippen LogP contribution in [-0.4, -0.2) is 35.6 Å². The molecule has 2 N–H and O–H groups in total. The van der Waals surface area contributed by atoms with E-state index in [1.165, 1.54) is 0 Å². The highest BCUT2D eigenvalue weighted by Gasteiger charge is 2.50. The Labute approximate surface area is 59.6 Å². The number of aliphatic hydroxyl groups is 2. The molecule has 0 amide bonds. The Kier molecular flexibility index (Phi) is 1.27. The Morgan fingerprint density at radius 3 is 2.60 bits per heavy atom. The van der Waals surface area contributed by atoms with Gasteiger partial charge in [-0.05, 0) is 12.8 Å². The summed E-state index contributed by atoms with van der Waals surface area (Å²) < 4.78 is 5.25. The lowest BCUT2D eigenvalue weighted by atomic mass is 9.89. The van der Waals surface area contributed by atoms with Crippen molar-refractivity contribution in [1.82, 2.24) is 0 Å². The summed E-state index contributed by atoms with van der Waals surface area (Å²) in [7, 11) is 0. The Bertz CT molecular complexity index is 144. The van der Waals surface area contributed by atoms with Gasteiger partial charge in [-0.25, -0.2) is 0 Å². The third kappa shape index (κ3) is 0.713. The Morgan fingerprint density at radius 1 is 1.50 bits per heavy atom. The average molecular weight is 144 g/mol. The molecule has 1 saturated carbocycles. The van der Waals surface area contributed by atoms with Crippen LogP contribution in [-0.2, 0) is 4.74 Å². The van der Waals surface area contributed by atoms with Crippen LogP contribution >= 0.6 is 0 Å². The predicted octanol–water partition coefficient (Wildman–Crippen LogP) is -0.481. The van der Waals surface area contributed by atoms with Gasteiger partial charge in [-0.2, -0.15) is 0 Å². The molecule has 1 aliphatic carbocycles. The van der Waals surface area contributed by atoms with Crippen molar-refractivity contribution in [2.24, 2.45) is 5.41 Å². The molecule has 3 heteroatoms. The number of rotatable bonds is 1. The molecule has 0 aromatic rings. The van der Waals surface area contributed by atoms with E-state index < -0.39 is 0 Å². The molecular weight excluding hydrogens is 132 g/mol. The number of hydrogen-bond acceptors (Lipinski definition) is 3. The molecule has 2 fully saturated rings. The van der Waals surface area contributed by atoms with E-state index in [0.29, 0.717) is 13.0 Å². The van der Waals surface area contributed by atoms with Gasteiger partial charge in [0.05, 0.1) is 25.4 Å². The molecule has 3 nitrogen and oxygen atoms in total. The van der Waals surface area contributed by atoms with Crippen LogP contribution in [0, 0.1) is 5.41 Å². The van der Waals surface area contributed by atoms with Gasteiger partial charge in [-0.15, -0.1) is 0 Å². The first-order valence-corrected chi connectivity index (χ1v) is 3.66. The maximum Gasteiger partial charge on any atom is 0.0841 e. The molecule has 0 radical (unpaired) electrons. The number of ether oxygens (including phenoxy) is 1. The second kappa shape index (κ2) is 1.94. The third-order valence-electron chi connectivity index (χ3n) is 2.64. The quantitative estimate of drug-likeness (QED) is 0.522. The number of fused-ring (bicyclic) bond motifs is 2. The van der Waals surface area contributed by atoms with Gasteiger partial charge in [0.1, 0.15) is 0 Å². The lowest BCUT2D eigenvalue weighted by Crippen LogP contribution is -2.31. The summed E-state index contributed by atoms with van der Waals surface area (Å²) in [4.78, 5) is 0. The molecule has 3 unspecified atom stereocenters. The zero-order valence-corrected chi connectivity index (χ0v) is 5.79. The molecule has 1 aliphatic heterocycles. The molecular formula is C7H12O3. The fourth-order valence-corrected chi connectivity index (χ4v) is 1.97. The van der Waals surface area contributed by atoms with Crippen molar-refractivity contribution in [3.8, 4) is 0 Å². The molecule has 58 valence electrons. The lowest BCUT2D eigenvalue weighted by Gasteiger charge is -2.24. The summed E-state index contributed by atoms with van der Waals surface area (Å²) in [6.07, 6.45) is 1.23. The van der Waals surface area contributed by atoms with Crippen LogP contribution in [0.2, 0.25) is 0 Å². The van der Waals surface area contributed by atoms with E-state index in [0.717, 1.165) is 6.42 Å². The van der Waals surface area contributed by atoms with Crippen LogP contribution in [0.25, 0.3) is 0 Å².